The molecular weight excluding hydrogens is 814 g/mol. The first-order chi connectivity index (χ1) is 32.0. The van der Waals surface area contributed by atoms with Crippen molar-refractivity contribution in [1.29, 1.82) is 0 Å². The molecule has 9 aromatic rings. The van der Waals surface area contributed by atoms with Crippen LogP contribution < -0.4 is 36.3 Å². The largest absolute Gasteiger partial charge is 0.311 e. The highest BCUT2D eigenvalue weighted by Crippen LogP contribution is 2.47. The minimum absolute atomic E-state index is 0.0239. The van der Waals surface area contributed by atoms with Crippen molar-refractivity contribution >= 4 is 87.5 Å². The zero-order valence-electron chi connectivity index (χ0n) is 38.7. The van der Waals surface area contributed by atoms with E-state index in [9.17, 15) is 0 Å². The summed E-state index contributed by atoms with van der Waals surface area (Å²) in [6.45, 7) is 14.3. The number of anilines is 9. The van der Waals surface area contributed by atoms with E-state index in [-0.39, 0.29) is 12.1 Å². The Morgan fingerprint density at radius 1 is 0.394 bits per heavy atom. The fourth-order valence-electron chi connectivity index (χ4n) is 10.1. The molecule has 0 fully saturated rings. The lowest BCUT2D eigenvalue weighted by Crippen LogP contribution is -2.62. The van der Waals surface area contributed by atoms with Crippen LogP contribution in [0.1, 0.15) is 26.3 Å². The molecule has 2 aliphatic heterocycles. The SMILES string of the molecule is CC(C)(C)c1ccc(N2c3cc(N(c4ccccc4)c4ccccc4)ccc3B3c4cc(-c5ccccc5)ccc4N(c4ccc(-c5ccccc5)cc4)c4cc([Si](C)(C)C)cc2c43)cc1. The number of hydrogen-bond acceptors (Lipinski definition) is 3. The molecule has 11 rings (SSSR count). The van der Waals surface area contributed by atoms with Gasteiger partial charge in [0.2, 0.25) is 0 Å². The van der Waals surface area contributed by atoms with Crippen molar-refractivity contribution in [1.82, 2.24) is 0 Å². The van der Waals surface area contributed by atoms with Gasteiger partial charge in [-0.3, -0.25) is 0 Å². The summed E-state index contributed by atoms with van der Waals surface area (Å²) in [4.78, 5) is 7.54. The van der Waals surface area contributed by atoms with Gasteiger partial charge < -0.3 is 14.7 Å². The molecule has 0 amide bonds. The molecule has 0 bridgehead atoms. The van der Waals surface area contributed by atoms with E-state index < -0.39 is 8.07 Å². The second kappa shape index (κ2) is 16.3. The quantitative estimate of drug-likeness (QED) is 0.141. The Balaban J connectivity index is 1.21. The van der Waals surface area contributed by atoms with E-state index in [1.165, 1.54) is 72.1 Å². The van der Waals surface area contributed by atoms with Crippen molar-refractivity contribution in [3.63, 3.8) is 0 Å². The fraction of sp³-hybridized carbons (Fsp3) is 0.115. The maximum absolute atomic E-state index is 2.58. The maximum Gasteiger partial charge on any atom is 0.252 e. The van der Waals surface area contributed by atoms with Gasteiger partial charge >= 0.3 is 0 Å². The Morgan fingerprint density at radius 2 is 0.864 bits per heavy atom. The number of para-hydroxylation sites is 2. The summed E-state index contributed by atoms with van der Waals surface area (Å²) in [6, 6.07) is 81.2. The minimum Gasteiger partial charge on any atom is -0.311 e. The standard InChI is InChI=1S/C61H54BN3Si/c1-61(2,3)47-30-34-51(35-31-47)65-57-40-52(63(48-23-15-9-16-24-48)49-25-17-10-18-26-49)36-37-54(57)62-55-39-46(44-21-13-8-14-22-44)29-38-56(55)64(58-41-53(66(4,5)6)42-59(65)60(58)62)50-32-27-45(28-33-50)43-19-11-7-12-20-43/h7-42H,1-6H3. The second-order valence-corrected chi connectivity index (χ2v) is 25.0. The molecule has 0 aromatic heterocycles. The third-order valence-electron chi connectivity index (χ3n) is 13.5. The number of hydrogen-bond donors (Lipinski definition) is 0. The third kappa shape index (κ3) is 7.34. The molecule has 0 spiro atoms. The van der Waals surface area contributed by atoms with Gasteiger partial charge in [-0.2, -0.15) is 0 Å². The van der Waals surface area contributed by atoms with Crippen molar-refractivity contribution in [2.45, 2.75) is 45.8 Å². The first-order valence-electron chi connectivity index (χ1n) is 23.3. The number of fused-ring (bicyclic) bond motifs is 4. The lowest BCUT2D eigenvalue weighted by molar-refractivity contribution is 0.590. The maximum atomic E-state index is 2.58. The summed E-state index contributed by atoms with van der Waals surface area (Å²) < 4.78 is 0. The van der Waals surface area contributed by atoms with Gasteiger partial charge in [-0.25, -0.2) is 0 Å². The van der Waals surface area contributed by atoms with Gasteiger partial charge in [0.15, 0.2) is 0 Å². The van der Waals surface area contributed by atoms with Crippen LogP contribution in [0, 0.1) is 0 Å². The average Bonchev–Trinajstić information content (AvgIpc) is 3.34. The second-order valence-electron chi connectivity index (χ2n) is 19.9. The molecule has 5 heteroatoms. The van der Waals surface area contributed by atoms with Crippen molar-refractivity contribution in [2.24, 2.45) is 0 Å². The summed E-state index contributed by atoms with van der Waals surface area (Å²) in [6.07, 6.45) is 0. The molecule has 0 saturated carbocycles. The summed E-state index contributed by atoms with van der Waals surface area (Å²) in [5, 5.41) is 1.43. The summed E-state index contributed by atoms with van der Waals surface area (Å²) in [5.41, 5.74) is 20.7. The predicted octanol–water partition coefficient (Wildman–Crippen LogP) is 14.4. The zero-order chi connectivity index (χ0) is 45.2. The molecule has 0 N–H and O–H groups in total. The van der Waals surface area contributed by atoms with Crippen LogP contribution in [0.2, 0.25) is 19.6 Å². The summed E-state index contributed by atoms with van der Waals surface area (Å²) in [5.74, 6) is 0. The molecule has 9 aromatic carbocycles. The predicted molar refractivity (Wildman–Crippen MR) is 288 cm³/mol. The summed E-state index contributed by atoms with van der Waals surface area (Å²) >= 11 is 0. The Hall–Kier alpha value is -7.34. The van der Waals surface area contributed by atoms with Gasteiger partial charge in [-0.1, -0.05) is 185 Å². The highest BCUT2D eigenvalue weighted by molar-refractivity contribution is 7.00. The van der Waals surface area contributed by atoms with Gasteiger partial charge in [0.1, 0.15) is 0 Å². The van der Waals surface area contributed by atoms with Crippen LogP contribution in [-0.2, 0) is 5.41 Å². The Kier molecular flexibility index (Phi) is 10.2. The van der Waals surface area contributed by atoms with E-state index in [2.05, 4.69) is 274 Å². The van der Waals surface area contributed by atoms with Crippen LogP contribution in [0.25, 0.3) is 22.3 Å². The topological polar surface area (TPSA) is 9.72 Å². The molecule has 2 aliphatic rings. The molecule has 0 radical (unpaired) electrons. The first-order valence-corrected chi connectivity index (χ1v) is 26.8. The molecule has 0 aliphatic carbocycles. The Labute approximate surface area is 392 Å². The van der Waals surface area contributed by atoms with Crippen LogP contribution in [0.3, 0.4) is 0 Å². The van der Waals surface area contributed by atoms with Gasteiger partial charge in [-0.05, 0) is 128 Å². The van der Waals surface area contributed by atoms with Crippen LogP contribution >= 0.6 is 0 Å². The van der Waals surface area contributed by atoms with E-state index in [0.717, 1.165) is 28.4 Å². The molecule has 2 heterocycles. The van der Waals surface area contributed by atoms with Crippen molar-refractivity contribution < 1.29 is 0 Å². The highest BCUT2D eigenvalue weighted by atomic mass is 28.3. The Morgan fingerprint density at radius 3 is 1.39 bits per heavy atom. The molecule has 3 nitrogen and oxygen atoms in total. The van der Waals surface area contributed by atoms with E-state index in [1.54, 1.807) is 0 Å². The minimum atomic E-state index is -1.90. The van der Waals surface area contributed by atoms with E-state index in [0.29, 0.717) is 0 Å². The first kappa shape index (κ1) is 41.4. The van der Waals surface area contributed by atoms with Gasteiger partial charge in [-0.15, -0.1) is 0 Å². The molecule has 0 saturated heterocycles. The Bertz CT molecular complexity index is 3160. The summed E-state index contributed by atoms with van der Waals surface area (Å²) in [7, 11) is -1.90. The van der Waals surface area contributed by atoms with E-state index in [1.807, 2.05) is 0 Å². The average molecular weight is 868 g/mol. The van der Waals surface area contributed by atoms with E-state index >= 15 is 0 Å². The lowest BCUT2D eigenvalue weighted by Gasteiger charge is -2.45. The van der Waals surface area contributed by atoms with Crippen LogP contribution in [0.15, 0.2) is 218 Å². The van der Waals surface area contributed by atoms with Crippen LogP contribution in [0.4, 0.5) is 51.2 Å². The molecule has 0 unspecified atom stereocenters. The third-order valence-corrected chi connectivity index (χ3v) is 15.6. The van der Waals surface area contributed by atoms with E-state index in [4.69, 9.17) is 0 Å². The molecule has 320 valence electrons. The van der Waals surface area contributed by atoms with Gasteiger partial charge in [0, 0.05) is 51.2 Å². The van der Waals surface area contributed by atoms with Crippen LogP contribution in [-0.4, -0.2) is 14.8 Å². The smallest absolute Gasteiger partial charge is 0.252 e. The number of rotatable bonds is 8. The molecule has 0 atom stereocenters. The number of benzene rings is 9. The highest BCUT2D eigenvalue weighted by Gasteiger charge is 2.44. The van der Waals surface area contributed by atoms with Crippen LogP contribution in [0.5, 0.6) is 0 Å². The lowest BCUT2D eigenvalue weighted by atomic mass is 9.33. The monoisotopic (exact) mass is 867 g/mol. The van der Waals surface area contributed by atoms with Crippen molar-refractivity contribution in [2.75, 3.05) is 14.7 Å². The zero-order valence-corrected chi connectivity index (χ0v) is 39.7. The van der Waals surface area contributed by atoms with Gasteiger partial charge in [0.05, 0.1) is 8.07 Å². The van der Waals surface area contributed by atoms with Crippen molar-refractivity contribution in [3.05, 3.63) is 224 Å². The fourth-order valence-corrected chi connectivity index (χ4v) is 11.2. The normalized spacial score (nSPS) is 12.9. The molecule has 66 heavy (non-hydrogen) atoms. The van der Waals surface area contributed by atoms with Crippen molar-refractivity contribution in [3.8, 4) is 22.3 Å². The van der Waals surface area contributed by atoms with Gasteiger partial charge in [0.25, 0.3) is 6.71 Å². The number of nitrogens with zero attached hydrogens (tertiary/aromatic N) is 3. The molecular formula is C61H54BN3Si.